The quantitative estimate of drug-likeness (QED) is 0.825. The van der Waals surface area contributed by atoms with Gasteiger partial charge >= 0.3 is 0 Å². The molecule has 0 aromatic heterocycles. The smallest absolute Gasteiger partial charge is 0.255 e. The zero-order valence-corrected chi connectivity index (χ0v) is 12.3. The molecule has 0 aliphatic heterocycles. The molecule has 0 heterocycles. The molecule has 0 saturated heterocycles. The molecule has 0 unspecified atom stereocenters. The second-order valence-electron chi connectivity index (χ2n) is 5.31. The lowest BCUT2D eigenvalue weighted by Gasteiger charge is -2.09. The highest BCUT2D eigenvalue weighted by atomic mass is 16.5. The van der Waals surface area contributed by atoms with E-state index in [1.165, 1.54) is 0 Å². The second kappa shape index (κ2) is 6.79. The van der Waals surface area contributed by atoms with Crippen LogP contribution in [0, 0.1) is 5.92 Å². The van der Waals surface area contributed by atoms with Gasteiger partial charge in [0.25, 0.3) is 5.91 Å². The molecule has 4 heteroatoms. The van der Waals surface area contributed by atoms with Crippen LogP contribution in [0.2, 0.25) is 0 Å². The summed E-state index contributed by atoms with van der Waals surface area (Å²) >= 11 is 0. The zero-order valence-electron chi connectivity index (χ0n) is 12.3. The average molecular weight is 284 g/mol. The van der Waals surface area contributed by atoms with Crippen LogP contribution in [0.25, 0.3) is 0 Å². The minimum atomic E-state index is -0.157. The van der Waals surface area contributed by atoms with E-state index in [4.69, 9.17) is 10.5 Å². The summed E-state index contributed by atoms with van der Waals surface area (Å²) in [6.07, 6.45) is 0. The Balaban J connectivity index is 1.97. The number of anilines is 2. The second-order valence-corrected chi connectivity index (χ2v) is 5.31. The first-order valence-corrected chi connectivity index (χ1v) is 6.94. The number of hydrogen-bond acceptors (Lipinski definition) is 3. The summed E-state index contributed by atoms with van der Waals surface area (Å²) in [5.41, 5.74) is 7.58. The van der Waals surface area contributed by atoms with Gasteiger partial charge in [0, 0.05) is 16.9 Å². The fraction of sp³-hybridized carbons (Fsp3) is 0.235. The van der Waals surface area contributed by atoms with Crippen molar-refractivity contribution in [2.75, 3.05) is 17.7 Å². The van der Waals surface area contributed by atoms with E-state index in [0.29, 0.717) is 29.5 Å². The summed E-state index contributed by atoms with van der Waals surface area (Å²) < 4.78 is 5.59. The van der Waals surface area contributed by atoms with E-state index in [1.54, 1.807) is 48.5 Å². The van der Waals surface area contributed by atoms with Crippen molar-refractivity contribution in [1.29, 1.82) is 0 Å². The zero-order chi connectivity index (χ0) is 15.2. The van der Waals surface area contributed by atoms with Gasteiger partial charge in [0.05, 0.1) is 6.61 Å². The van der Waals surface area contributed by atoms with Gasteiger partial charge in [0.1, 0.15) is 5.75 Å². The van der Waals surface area contributed by atoms with Gasteiger partial charge < -0.3 is 15.8 Å². The van der Waals surface area contributed by atoms with Crippen molar-refractivity contribution in [3.05, 3.63) is 54.1 Å². The topological polar surface area (TPSA) is 64.3 Å². The van der Waals surface area contributed by atoms with E-state index in [1.807, 2.05) is 0 Å². The van der Waals surface area contributed by atoms with Crippen LogP contribution in [0.15, 0.2) is 48.5 Å². The Morgan fingerprint density at radius 1 is 1.10 bits per heavy atom. The summed E-state index contributed by atoms with van der Waals surface area (Å²) in [5, 5.41) is 2.82. The van der Waals surface area contributed by atoms with Crippen molar-refractivity contribution in [2.45, 2.75) is 13.8 Å². The van der Waals surface area contributed by atoms with E-state index < -0.39 is 0 Å². The number of nitrogen functional groups attached to an aromatic ring is 1. The number of ether oxygens (including phenoxy) is 1. The van der Waals surface area contributed by atoms with Crippen molar-refractivity contribution in [3.63, 3.8) is 0 Å². The predicted molar refractivity (Wildman–Crippen MR) is 85.6 cm³/mol. The van der Waals surface area contributed by atoms with Gasteiger partial charge in [-0.3, -0.25) is 4.79 Å². The van der Waals surface area contributed by atoms with Crippen LogP contribution >= 0.6 is 0 Å². The molecule has 2 rings (SSSR count). The molecule has 2 aromatic carbocycles. The summed E-state index contributed by atoms with van der Waals surface area (Å²) in [6.45, 7) is 4.85. The van der Waals surface area contributed by atoms with Crippen molar-refractivity contribution in [1.82, 2.24) is 0 Å². The molecule has 21 heavy (non-hydrogen) atoms. The molecule has 0 aliphatic rings. The number of nitrogens with one attached hydrogen (secondary N) is 1. The monoisotopic (exact) mass is 284 g/mol. The maximum Gasteiger partial charge on any atom is 0.255 e. The van der Waals surface area contributed by atoms with Crippen molar-refractivity contribution in [3.8, 4) is 5.75 Å². The number of hydrogen-bond donors (Lipinski definition) is 2. The van der Waals surface area contributed by atoms with E-state index in [0.717, 1.165) is 5.75 Å². The number of carbonyl (C=O) groups excluding carboxylic acids is 1. The average Bonchev–Trinajstić information content (AvgIpc) is 2.48. The minimum Gasteiger partial charge on any atom is -0.493 e. The Bertz CT molecular complexity index is 589. The molecule has 1 amide bonds. The van der Waals surface area contributed by atoms with Crippen LogP contribution in [0.3, 0.4) is 0 Å². The summed E-state index contributed by atoms with van der Waals surface area (Å²) in [6, 6.07) is 14.2. The highest BCUT2D eigenvalue weighted by Gasteiger charge is 2.06. The number of rotatable bonds is 5. The Morgan fingerprint density at radius 3 is 2.29 bits per heavy atom. The predicted octanol–water partition coefficient (Wildman–Crippen LogP) is 3.56. The normalized spacial score (nSPS) is 10.4. The molecule has 0 aliphatic carbocycles. The third kappa shape index (κ3) is 4.53. The van der Waals surface area contributed by atoms with Crippen LogP contribution in [0.4, 0.5) is 11.4 Å². The number of nitrogens with two attached hydrogens (primary N) is 1. The summed E-state index contributed by atoms with van der Waals surface area (Å²) in [4.78, 5) is 12.1. The SMILES string of the molecule is CC(C)COc1ccc(C(=O)Nc2ccc(N)cc2)cc1. The third-order valence-corrected chi connectivity index (χ3v) is 2.87. The lowest BCUT2D eigenvalue weighted by molar-refractivity contribution is 0.102. The summed E-state index contributed by atoms with van der Waals surface area (Å²) in [7, 11) is 0. The van der Waals surface area contributed by atoms with Gasteiger partial charge in [0.15, 0.2) is 0 Å². The van der Waals surface area contributed by atoms with Crippen LogP contribution < -0.4 is 15.8 Å². The van der Waals surface area contributed by atoms with Crippen molar-refractivity contribution < 1.29 is 9.53 Å². The number of carbonyl (C=O) groups is 1. The third-order valence-electron chi connectivity index (χ3n) is 2.87. The molecule has 2 aromatic rings. The lowest BCUT2D eigenvalue weighted by Crippen LogP contribution is -2.12. The highest BCUT2D eigenvalue weighted by Crippen LogP contribution is 2.16. The molecule has 0 fully saturated rings. The van der Waals surface area contributed by atoms with Crippen molar-refractivity contribution >= 4 is 17.3 Å². The van der Waals surface area contributed by atoms with Gasteiger partial charge in [0.2, 0.25) is 0 Å². The molecule has 3 N–H and O–H groups in total. The fourth-order valence-electron chi connectivity index (χ4n) is 1.74. The van der Waals surface area contributed by atoms with Crippen LogP contribution in [0.1, 0.15) is 24.2 Å². The van der Waals surface area contributed by atoms with Gasteiger partial charge in [-0.05, 0) is 54.4 Å². The van der Waals surface area contributed by atoms with Crippen molar-refractivity contribution in [2.24, 2.45) is 5.92 Å². The minimum absolute atomic E-state index is 0.157. The van der Waals surface area contributed by atoms with Gasteiger partial charge in [-0.25, -0.2) is 0 Å². The van der Waals surface area contributed by atoms with Gasteiger partial charge in [-0.15, -0.1) is 0 Å². The number of amides is 1. The standard InChI is InChI=1S/C17H20N2O2/c1-12(2)11-21-16-9-3-13(4-10-16)17(20)19-15-7-5-14(18)6-8-15/h3-10,12H,11,18H2,1-2H3,(H,19,20). The highest BCUT2D eigenvalue weighted by molar-refractivity contribution is 6.04. The van der Waals surface area contributed by atoms with Crippen LogP contribution in [0.5, 0.6) is 5.75 Å². The largest absolute Gasteiger partial charge is 0.493 e. The first-order valence-electron chi connectivity index (χ1n) is 6.94. The van der Waals surface area contributed by atoms with E-state index in [9.17, 15) is 4.79 Å². The molecule has 0 bridgehead atoms. The van der Waals surface area contributed by atoms with E-state index >= 15 is 0 Å². The molecular formula is C17H20N2O2. The molecular weight excluding hydrogens is 264 g/mol. The van der Waals surface area contributed by atoms with Gasteiger partial charge in [-0.2, -0.15) is 0 Å². The summed E-state index contributed by atoms with van der Waals surface area (Å²) in [5.74, 6) is 1.08. The molecule has 0 radical (unpaired) electrons. The Morgan fingerprint density at radius 2 is 1.71 bits per heavy atom. The van der Waals surface area contributed by atoms with Crippen LogP contribution in [-0.2, 0) is 0 Å². The van der Waals surface area contributed by atoms with E-state index in [2.05, 4.69) is 19.2 Å². The maximum atomic E-state index is 12.1. The van der Waals surface area contributed by atoms with Crippen LogP contribution in [-0.4, -0.2) is 12.5 Å². The molecule has 0 spiro atoms. The van der Waals surface area contributed by atoms with E-state index in [-0.39, 0.29) is 5.91 Å². The molecule has 0 atom stereocenters. The number of benzene rings is 2. The first-order chi connectivity index (χ1) is 10.0. The molecule has 110 valence electrons. The fourth-order valence-corrected chi connectivity index (χ4v) is 1.74. The molecule has 0 saturated carbocycles. The maximum absolute atomic E-state index is 12.1. The Kier molecular flexibility index (Phi) is 4.82. The Labute approximate surface area is 124 Å². The Hall–Kier alpha value is -2.49. The first kappa shape index (κ1) is 14.9. The van der Waals surface area contributed by atoms with Gasteiger partial charge in [-0.1, -0.05) is 13.8 Å². The lowest BCUT2D eigenvalue weighted by atomic mass is 10.2. The molecule has 4 nitrogen and oxygen atoms in total.